The van der Waals surface area contributed by atoms with Gasteiger partial charge in [0, 0.05) is 20.2 Å². The standard InChI is InChI=1S/C30H30FN3O5S.2H2/c1-17(2)38-24-15-22(14-23(31)16-24)26-11-10-25(29(35)34-40(36,37)27-9-7-8-21(6)32-27)30(33-26)39-28-19(4)12-18(3)13-20(28)5;;/h7-17H,1-6H3,(H,34,35);2*1H. The third-order valence-corrected chi connectivity index (χ3v) is 7.04. The van der Waals surface area contributed by atoms with Crippen LogP contribution in [0.15, 0.2) is 65.7 Å². The summed E-state index contributed by atoms with van der Waals surface area (Å²) in [5.41, 5.74) is 3.65. The molecule has 1 amide bonds. The predicted octanol–water partition coefficient (Wildman–Crippen LogP) is 6.71. The number of carbonyl (C=O) groups excluding carboxylic acids is 1. The smallest absolute Gasteiger partial charge is 0.281 e. The number of aromatic nitrogens is 2. The molecule has 0 fully saturated rings. The Balaban J connectivity index is 0.00000308. The fraction of sp³-hybridized carbons (Fsp3) is 0.233. The highest BCUT2D eigenvalue weighted by molar-refractivity contribution is 7.90. The lowest BCUT2D eigenvalue weighted by Gasteiger charge is -2.16. The molecule has 4 rings (SSSR count). The van der Waals surface area contributed by atoms with E-state index >= 15 is 0 Å². The predicted molar refractivity (Wildman–Crippen MR) is 154 cm³/mol. The molecular formula is C30H34FN3O5S. The normalized spacial score (nSPS) is 11.4. The molecule has 2 heterocycles. The van der Waals surface area contributed by atoms with Crippen molar-refractivity contribution in [1.82, 2.24) is 14.7 Å². The zero-order chi connectivity index (χ0) is 29.2. The summed E-state index contributed by atoms with van der Waals surface area (Å²) in [7, 11) is -4.29. The highest BCUT2D eigenvalue weighted by atomic mass is 32.2. The van der Waals surface area contributed by atoms with Crippen LogP contribution in [0.1, 0.15) is 49.4 Å². The SMILES string of the molecule is Cc1cc(C)c(Oc2nc(-c3cc(F)cc(OC(C)C)c3)ccc2C(=O)NS(=O)(=O)c2cccc(C)n2)c(C)c1.[HH].[HH]. The number of aryl methyl sites for hydroxylation is 4. The molecule has 0 unspecified atom stereocenters. The third-order valence-electron chi connectivity index (χ3n) is 5.81. The summed E-state index contributed by atoms with van der Waals surface area (Å²) in [4.78, 5) is 21.8. The van der Waals surface area contributed by atoms with Gasteiger partial charge in [-0.15, -0.1) is 0 Å². The van der Waals surface area contributed by atoms with Gasteiger partial charge >= 0.3 is 0 Å². The molecule has 2 aromatic heterocycles. The van der Waals surface area contributed by atoms with Crippen molar-refractivity contribution in [3.05, 3.63) is 94.4 Å². The summed E-state index contributed by atoms with van der Waals surface area (Å²) in [6.45, 7) is 11.0. The molecule has 40 heavy (non-hydrogen) atoms. The lowest BCUT2D eigenvalue weighted by atomic mass is 10.1. The molecule has 0 atom stereocenters. The van der Waals surface area contributed by atoms with Gasteiger partial charge < -0.3 is 9.47 Å². The Bertz CT molecular complexity index is 1690. The second-order valence-electron chi connectivity index (χ2n) is 9.77. The lowest BCUT2D eigenvalue weighted by molar-refractivity contribution is 0.0978. The number of amides is 1. The molecule has 0 aliphatic heterocycles. The number of nitrogens with zero attached hydrogens (tertiary/aromatic N) is 2. The van der Waals surface area contributed by atoms with Gasteiger partial charge in [-0.05, 0) is 89.1 Å². The Morgan fingerprint density at radius 3 is 2.30 bits per heavy atom. The molecule has 0 aliphatic carbocycles. The third kappa shape index (κ3) is 6.63. The topological polar surface area (TPSA) is 107 Å². The minimum Gasteiger partial charge on any atom is -0.491 e. The summed E-state index contributed by atoms with van der Waals surface area (Å²) in [5, 5.41) is -0.296. The summed E-state index contributed by atoms with van der Waals surface area (Å²) >= 11 is 0. The van der Waals surface area contributed by atoms with E-state index in [1.54, 1.807) is 19.1 Å². The minimum atomic E-state index is -4.29. The van der Waals surface area contributed by atoms with E-state index in [4.69, 9.17) is 9.47 Å². The largest absolute Gasteiger partial charge is 0.491 e. The summed E-state index contributed by atoms with van der Waals surface area (Å²) < 4.78 is 54.2. The van der Waals surface area contributed by atoms with E-state index < -0.39 is 21.7 Å². The van der Waals surface area contributed by atoms with Crippen LogP contribution in [-0.2, 0) is 10.0 Å². The molecule has 0 saturated carbocycles. The van der Waals surface area contributed by atoms with Crippen molar-refractivity contribution < 1.29 is 29.9 Å². The monoisotopic (exact) mass is 567 g/mol. The van der Waals surface area contributed by atoms with Crippen molar-refractivity contribution in [2.75, 3.05) is 0 Å². The minimum absolute atomic E-state index is 0. The summed E-state index contributed by atoms with van der Waals surface area (Å²) in [6.07, 6.45) is -0.176. The maximum atomic E-state index is 14.5. The Morgan fingerprint density at radius 1 is 0.950 bits per heavy atom. The maximum absolute atomic E-state index is 14.5. The average Bonchev–Trinajstić information content (AvgIpc) is 2.85. The first-order chi connectivity index (χ1) is 18.8. The van der Waals surface area contributed by atoms with Gasteiger partial charge in [0.15, 0.2) is 5.03 Å². The first-order valence-electron chi connectivity index (χ1n) is 12.6. The van der Waals surface area contributed by atoms with Crippen molar-refractivity contribution in [2.45, 2.75) is 52.7 Å². The molecule has 0 spiro atoms. The summed E-state index contributed by atoms with van der Waals surface area (Å²) in [6, 6.07) is 15.4. The second kappa shape index (κ2) is 11.4. The van der Waals surface area contributed by atoms with E-state index in [0.29, 0.717) is 28.5 Å². The highest BCUT2D eigenvalue weighted by Gasteiger charge is 2.25. The molecule has 0 aliphatic rings. The molecule has 2 aromatic carbocycles. The van der Waals surface area contributed by atoms with Crippen molar-refractivity contribution in [3.63, 3.8) is 0 Å². The van der Waals surface area contributed by atoms with Gasteiger partial charge in [-0.25, -0.2) is 19.1 Å². The Hall–Kier alpha value is -4.31. The molecule has 0 radical (unpaired) electrons. The van der Waals surface area contributed by atoms with E-state index in [1.165, 1.54) is 36.4 Å². The lowest BCUT2D eigenvalue weighted by Crippen LogP contribution is -2.31. The molecule has 4 aromatic rings. The number of rotatable bonds is 8. The van der Waals surface area contributed by atoms with Gasteiger partial charge in [0.2, 0.25) is 5.88 Å². The fourth-order valence-corrected chi connectivity index (χ4v) is 5.20. The van der Waals surface area contributed by atoms with Gasteiger partial charge in [0.05, 0.1) is 11.8 Å². The Morgan fingerprint density at radius 2 is 1.65 bits per heavy atom. The number of nitrogens with one attached hydrogen (secondary N) is 1. The number of sulfonamides is 1. The van der Waals surface area contributed by atoms with Gasteiger partial charge in [0.1, 0.15) is 22.9 Å². The summed E-state index contributed by atoms with van der Waals surface area (Å²) in [5.74, 6) is -0.842. The van der Waals surface area contributed by atoms with Crippen molar-refractivity contribution in [2.24, 2.45) is 0 Å². The van der Waals surface area contributed by atoms with Crippen LogP contribution >= 0.6 is 0 Å². The van der Waals surface area contributed by atoms with Gasteiger partial charge in [-0.1, -0.05) is 23.8 Å². The molecule has 10 heteroatoms. The van der Waals surface area contributed by atoms with E-state index in [2.05, 4.69) is 14.7 Å². The van der Waals surface area contributed by atoms with Crippen molar-refractivity contribution >= 4 is 15.9 Å². The molecule has 212 valence electrons. The number of pyridine rings is 2. The first kappa shape index (κ1) is 28.7. The van der Waals surface area contributed by atoms with Crippen LogP contribution in [0.2, 0.25) is 0 Å². The number of halogens is 1. The van der Waals surface area contributed by atoms with Crippen molar-refractivity contribution in [1.29, 1.82) is 0 Å². The van der Waals surface area contributed by atoms with Crippen LogP contribution in [0.25, 0.3) is 11.3 Å². The average molecular weight is 568 g/mol. The van der Waals surface area contributed by atoms with E-state index in [-0.39, 0.29) is 25.4 Å². The van der Waals surface area contributed by atoms with Crippen molar-refractivity contribution in [3.8, 4) is 28.6 Å². The maximum Gasteiger partial charge on any atom is 0.281 e. The molecule has 0 bridgehead atoms. The first-order valence-corrected chi connectivity index (χ1v) is 14.1. The quantitative estimate of drug-likeness (QED) is 0.252. The molecule has 1 N–H and O–H groups in total. The number of carbonyl (C=O) groups is 1. The fourth-order valence-electron chi connectivity index (χ4n) is 4.22. The van der Waals surface area contributed by atoms with Gasteiger partial charge in [0.25, 0.3) is 15.9 Å². The van der Waals surface area contributed by atoms with Crippen LogP contribution in [0.3, 0.4) is 0 Å². The Labute approximate surface area is 236 Å². The molecular weight excluding hydrogens is 533 g/mol. The number of hydrogen-bond donors (Lipinski definition) is 1. The van der Waals surface area contributed by atoms with Crippen LogP contribution in [0.5, 0.6) is 17.4 Å². The Kier molecular flexibility index (Phi) is 8.20. The number of benzene rings is 2. The molecule has 8 nitrogen and oxygen atoms in total. The van der Waals surface area contributed by atoms with Crippen LogP contribution in [-0.4, -0.2) is 30.4 Å². The van der Waals surface area contributed by atoms with Crippen LogP contribution in [0.4, 0.5) is 4.39 Å². The zero-order valence-electron chi connectivity index (χ0n) is 23.1. The van der Waals surface area contributed by atoms with Gasteiger partial charge in [-0.3, -0.25) is 4.79 Å². The number of hydrogen-bond acceptors (Lipinski definition) is 7. The zero-order valence-corrected chi connectivity index (χ0v) is 23.9. The second-order valence-corrected chi connectivity index (χ2v) is 11.4. The van der Waals surface area contributed by atoms with E-state index in [9.17, 15) is 17.6 Å². The van der Waals surface area contributed by atoms with E-state index in [1.807, 2.05) is 46.8 Å². The van der Waals surface area contributed by atoms with E-state index in [0.717, 1.165) is 16.7 Å². The number of ether oxygens (including phenoxy) is 2. The highest BCUT2D eigenvalue weighted by Crippen LogP contribution is 2.33. The van der Waals surface area contributed by atoms with Crippen LogP contribution in [0, 0.1) is 33.5 Å². The van der Waals surface area contributed by atoms with Gasteiger partial charge in [-0.2, -0.15) is 8.42 Å². The molecule has 0 saturated heterocycles. The van der Waals surface area contributed by atoms with Crippen LogP contribution < -0.4 is 14.2 Å².